The fourth-order valence-corrected chi connectivity index (χ4v) is 2.60. The largest absolute Gasteiger partial charge is 0.378 e. The molecule has 0 aromatic carbocycles. The van der Waals surface area contributed by atoms with Gasteiger partial charge in [-0.1, -0.05) is 0 Å². The minimum Gasteiger partial charge on any atom is -0.378 e. The van der Waals surface area contributed by atoms with Gasteiger partial charge in [0.05, 0.1) is 30.5 Å². The van der Waals surface area contributed by atoms with Gasteiger partial charge in [-0.3, -0.25) is 0 Å². The summed E-state index contributed by atoms with van der Waals surface area (Å²) in [5, 5.41) is 3.40. The maximum atomic E-state index is 4.54. The maximum absolute atomic E-state index is 4.54. The molecule has 1 aliphatic heterocycles. The Hall–Kier alpha value is -2.04. The Kier molecular flexibility index (Phi) is 3.85. The van der Waals surface area contributed by atoms with Crippen LogP contribution in [0.3, 0.4) is 0 Å². The number of anilines is 2. The number of nitrogens with zero attached hydrogens (tertiary/aromatic N) is 4. The van der Waals surface area contributed by atoms with Gasteiger partial charge in [0.25, 0.3) is 0 Å². The Morgan fingerprint density at radius 1 is 1.20 bits per heavy atom. The third-order valence-electron chi connectivity index (χ3n) is 3.79. The normalized spacial score (nSPS) is 14.8. The average Bonchev–Trinajstić information content (AvgIpc) is 3.16. The van der Waals surface area contributed by atoms with Crippen LogP contribution >= 0.6 is 0 Å². The van der Waals surface area contributed by atoms with Crippen LogP contribution in [0.25, 0.3) is 0 Å². The van der Waals surface area contributed by atoms with Crippen molar-refractivity contribution in [1.82, 2.24) is 14.5 Å². The molecule has 2 aromatic rings. The highest BCUT2D eigenvalue weighted by atomic mass is 15.2. The van der Waals surface area contributed by atoms with Crippen molar-refractivity contribution in [1.29, 1.82) is 0 Å². The molecule has 0 aliphatic carbocycles. The summed E-state index contributed by atoms with van der Waals surface area (Å²) in [7, 11) is 0. The van der Waals surface area contributed by atoms with E-state index >= 15 is 0 Å². The zero-order chi connectivity index (χ0) is 13.8. The van der Waals surface area contributed by atoms with E-state index in [1.807, 2.05) is 18.7 Å². The summed E-state index contributed by atoms with van der Waals surface area (Å²) >= 11 is 0. The molecule has 0 radical (unpaired) electrons. The molecule has 1 N–H and O–H groups in total. The predicted molar refractivity (Wildman–Crippen MR) is 80.9 cm³/mol. The second kappa shape index (κ2) is 5.94. The number of aryl methyl sites for hydroxylation is 1. The molecule has 0 spiro atoms. The molecule has 20 heavy (non-hydrogen) atoms. The summed E-state index contributed by atoms with van der Waals surface area (Å²) in [5.74, 6) is 1.09. The van der Waals surface area contributed by atoms with Crippen LogP contribution in [0, 0.1) is 0 Å². The van der Waals surface area contributed by atoms with Gasteiger partial charge in [0.1, 0.15) is 5.82 Å². The standard InChI is InChI=1S/C15H21N5/c1-2-19-12-16-10-14(19)11-17-13-5-6-15(18-9-13)20-7-3-4-8-20/h5-6,9-10,12,17H,2-4,7-8,11H2,1H3. The monoisotopic (exact) mass is 271 g/mol. The molecule has 0 atom stereocenters. The molecule has 1 fully saturated rings. The van der Waals surface area contributed by atoms with Gasteiger partial charge in [0.15, 0.2) is 0 Å². The van der Waals surface area contributed by atoms with Crippen molar-refractivity contribution in [3.8, 4) is 0 Å². The van der Waals surface area contributed by atoms with Crippen LogP contribution < -0.4 is 10.2 Å². The van der Waals surface area contributed by atoms with Crippen molar-refractivity contribution in [3.05, 3.63) is 36.5 Å². The summed E-state index contributed by atoms with van der Waals surface area (Å²) in [6, 6.07) is 4.21. The first-order chi connectivity index (χ1) is 9.86. The molecule has 2 aromatic heterocycles. The zero-order valence-electron chi connectivity index (χ0n) is 11.9. The van der Waals surface area contributed by atoms with Gasteiger partial charge in [0.2, 0.25) is 0 Å². The number of hydrogen-bond acceptors (Lipinski definition) is 4. The molecular formula is C15H21N5. The Bertz CT molecular complexity index is 540. The van der Waals surface area contributed by atoms with Crippen LogP contribution in [-0.2, 0) is 13.1 Å². The lowest BCUT2D eigenvalue weighted by Crippen LogP contribution is -2.18. The van der Waals surface area contributed by atoms with Crippen molar-refractivity contribution >= 4 is 11.5 Å². The molecular weight excluding hydrogens is 250 g/mol. The smallest absolute Gasteiger partial charge is 0.128 e. The summed E-state index contributed by atoms with van der Waals surface area (Å²) in [5.41, 5.74) is 2.24. The van der Waals surface area contributed by atoms with Crippen molar-refractivity contribution in [3.63, 3.8) is 0 Å². The summed E-state index contributed by atoms with van der Waals surface area (Å²) in [6.07, 6.45) is 8.25. The van der Waals surface area contributed by atoms with Gasteiger partial charge in [-0.25, -0.2) is 9.97 Å². The summed E-state index contributed by atoms with van der Waals surface area (Å²) in [4.78, 5) is 11.1. The number of hydrogen-bond donors (Lipinski definition) is 1. The fraction of sp³-hybridized carbons (Fsp3) is 0.467. The van der Waals surface area contributed by atoms with Crippen LogP contribution in [0.2, 0.25) is 0 Å². The third kappa shape index (κ3) is 2.76. The van der Waals surface area contributed by atoms with E-state index in [0.717, 1.165) is 37.7 Å². The van der Waals surface area contributed by atoms with Gasteiger partial charge >= 0.3 is 0 Å². The molecule has 1 saturated heterocycles. The first-order valence-corrected chi connectivity index (χ1v) is 7.30. The Morgan fingerprint density at radius 3 is 2.75 bits per heavy atom. The number of rotatable bonds is 5. The summed E-state index contributed by atoms with van der Waals surface area (Å²) < 4.78 is 2.14. The molecule has 5 heteroatoms. The van der Waals surface area contributed by atoms with E-state index in [1.165, 1.54) is 18.5 Å². The van der Waals surface area contributed by atoms with E-state index in [9.17, 15) is 0 Å². The highest BCUT2D eigenvalue weighted by Crippen LogP contribution is 2.19. The van der Waals surface area contributed by atoms with E-state index < -0.39 is 0 Å². The number of pyridine rings is 1. The van der Waals surface area contributed by atoms with Crippen LogP contribution in [-0.4, -0.2) is 27.6 Å². The van der Waals surface area contributed by atoms with Crippen molar-refractivity contribution in [2.75, 3.05) is 23.3 Å². The van der Waals surface area contributed by atoms with Gasteiger partial charge in [0, 0.05) is 25.8 Å². The highest BCUT2D eigenvalue weighted by molar-refractivity contribution is 5.49. The highest BCUT2D eigenvalue weighted by Gasteiger charge is 2.12. The summed E-state index contributed by atoms with van der Waals surface area (Å²) in [6.45, 7) is 6.12. The lowest BCUT2D eigenvalue weighted by Gasteiger charge is -2.16. The number of imidazole rings is 1. The van der Waals surface area contributed by atoms with E-state index in [2.05, 4.69) is 43.8 Å². The minimum absolute atomic E-state index is 0.776. The zero-order valence-corrected chi connectivity index (χ0v) is 11.9. The Morgan fingerprint density at radius 2 is 2.05 bits per heavy atom. The topological polar surface area (TPSA) is 46.0 Å². The van der Waals surface area contributed by atoms with Crippen molar-refractivity contribution in [2.24, 2.45) is 0 Å². The molecule has 3 rings (SSSR count). The van der Waals surface area contributed by atoms with Gasteiger partial charge in [-0.2, -0.15) is 0 Å². The fourth-order valence-electron chi connectivity index (χ4n) is 2.60. The Balaban J connectivity index is 1.60. The van der Waals surface area contributed by atoms with Crippen LogP contribution in [0.5, 0.6) is 0 Å². The lowest BCUT2D eigenvalue weighted by atomic mass is 10.3. The van der Waals surface area contributed by atoms with Gasteiger partial charge in [-0.05, 0) is 31.9 Å². The molecule has 3 heterocycles. The average molecular weight is 271 g/mol. The van der Waals surface area contributed by atoms with Crippen LogP contribution in [0.4, 0.5) is 11.5 Å². The van der Waals surface area contributed by atoms with Crippen molar-refractivity contribution < 1.29 is 0 Å². The van der Waals surface area contributed by atoms with E-state index in [1.54, 1.807) is 0 Å². The van der Waals surface area contributed by atoms with Crippen LogP contribution in [0.1, 0.15) is 25.5 Å². The number of nitrogens with one attached hydrogen (secondary N) is 1. The van der Waals surface area contributed by atoms with Gasteiger partial charge in [-0.15, -0.1) is 0 Å². The van der Waals surface area contributed by atoms with Crippen LogP contribution in [0.15, 0.2) is 30.9 Å². The molecule has 106 valence electrons. The molecule has 0 bridgehead atoms. The third-order valence-corrected chi connectivity index (χ3v) is 3.79. The predicted octanol–water partition coefficient (Wildman–Crippen LogP) is 2.51. The quantitative estimate of drug-likeness (QED) is 0.907. The van der Waals surface area contributed by atoms with E-state index in [0.29, 0.717) is 0 Å². The second-order valence-electron chi connectivity index (χ2n) is 5.12. The molecule has 0 amide bonds. The first-order valence-electron chi connectivity index (χ1n) is 7.30. The molecule has 0 saturated carbocycles. The van der Waals surface area contributed by atoms with E-state index in [-0.39, 0.29) is 0 Å². The minimum atomic E-state index is 0.776. The van der Waals surface area contributed by atoms with E-state index in [4.69, 9.17) is 0 Å². The molecule has 5 nitrogen and oxygen atoms in total. The second-order valence-corrected chi connectivity index (χ2v) is 5.12. The molecule has 1 aliphatic rings. The SMILES string of the molecule is CCn1cncc1CNc1ccc(N2CCCC2)nc1. The maximum Gasteiger partial charge on any atom is 0.128 e. The lowest BCUT2D eigenvalue weighted by molar-refractivity contribution is 0.719. The molecule has 0 unspecified atom stereocenters. The first kappa shape index (κ1) is 13.0. The number of aromatic nitrogens is 3. The Labute approximate surface area is 119 Å². The van der Waals surface area contributed by atoms with Crippen molar-refractivity contribution in [2.45, 2.75) is 32.9 Å². The van der Waals surface area contributed by atoms with Gasteiger partial charge < -0.3 is 14.8 Å².